The molecule has 0 fully saturated rings. The summed E-state index contributed by atoms with van der Waals surface area (Å²) in [4.78, 5) is 12.3. The van der Waals surface area contributed by atoms with Crippen LogP contribution in [0.1, 0.15) is 41.9 Å². The van der Waals surface area contributed by atoms with Gasteiger partial charge in [-0.1, -0.05) is 37.6 Å². The van der Waals surface area contributed by atoms with Gasteiger partial charge in [-0.2, -0.15) is 4.72 Å². The lowest BCUT2D eigenvalue weighted by Crippen LogP contribution is -2.38. The zero-order valence-electron chi connectivity index (χ0n) is 14.0. The number of anilines is 1. The lowest BCUT2D eigenvalue weighted by molar-refractivity contribution is 0.0953. The third-order valence-corrected chi connectivity index (χ3v) is 5.55. The summed E-state index contributed by atoms with van der Waals surface area (Å²) >= 11 is 0. The molecule has 0 bridgehead atoms. The molecular weight excluding hydrogens is 338 g/mol. The van der Waals surface area contributed by atoms with E-state index in [4.69, 9.17) is 0 Å². The summed E-state index contributed by atoms with van der Waals surface area (Å²) in [5.74, 6) is -0.123. The molecule has 0 aliphatic carbocycles. The molecule has 1 heterocycles. The van der Waals surface area contributed by atoms with Crippen LogP contribution in [0.3, 0.4) is 0 Å². The molecule has 1 aliphatic rings. The van der Waals surface area contributed by atoms with Crippen LogP contribution < -0.4 is 15.4 Å². The maximum atomic E-state index is 12.4. The van der Waals surface area contributed by atoms with Gasteiger partial charge in [-0.25, -0.2) is 8.42 Å². The van der Waals surface area contributed by atoms with E-state index in [9.17, 15) is 13.2 Å². The molecule has 25 heavy (non-hydrogen) atoms. The average molecular weight is 359 g/mol. The summed E-state index contributed by atoms with van der Waals surface area (Å²) in [6.45, 7) is 2.72. The highest BCUT2D eigenvalue weighted by Gasteiger charge is 2.29. The molecule has 0 saturated heterocycles. The maximum absolute atomic E-state index is 12.4. The van der Waals surface area contributed by atoms with E-state index in [1.807, 2.05) is 0 Å². The Morgan fingerprint density at radius 3 is 2.56 bits per heavy atom. The van der Waals surface area contributed by atoms with Crippen molar-refractivity contribution in [2.45, 2.75) is 30.8 Å². The van der Waals surface area contributed by atoms with Gasteiger partial charge in [-0.05, 0) is 36.2 Å². The molecule has 0 spiro atoms. The molecule has 0 saturated carbocycles. The number of nitrogens with one attached hydrogen (secondary N) is 3. The van der Waals surface area contributed by atoms with Crippen LogP contribution in [0.15, 0.2) is 53.4 Å². The number of unbranched alkanes of at least 4 members (excludes halogenated alkanes) is 1. The van der Waals surface area contributed by atoms with Gasteiger partial charge in [0.05, 0.1) is 5.69 Å². The highest BCUT2D eigenvalue weighted by molar-refractivity contribution is 7.89. The van der Waals surface area contributed by atoms with Crippen molar-refractivity contribution < 1.29 is 13.2 Å². The van der Waals surface area contributed by atoms with Crippen molar-refractivity contribution in [3.63, 3.8) is 0 Å². The predicted molar refractivity (Wildman–Crippen MR) is 96.8 cm³/mol. The second-order valence-corrected chi connectivity index (χ2v) is 7.61. The summed E-state index contributed by atoms with van der Waals surface area (Å²) in [6.07, 6.45) is 1.39. The Morgan fingerprint density at radius 1 is 1.12 bits per heavy atom. The van der Waals surface area contributed by atoms with Crippen molar-refractivity contribution in [2.24, 2.45) is 0 Å². The van der Waals surface area contributed by atoms with E-state index >= 15 is 0 Å². The van der Waals surface area contributed by atoms with Gasteiger partial charge >= 0.3 is 0 Å². The smallest absolute Gasteiger partial charge is 0.251 e. The van der Waals surface area contributed by atoms with Gasteiger partial charge in [-0.3, -0.25) is 4.79 Å². The van der Waals surface area contributed by atoms with Crippen molar-refractivity contribution in [1.29, 1.82) is 0 Å². The number of hydrogen-bond donors (Lipinski definition) is 3. The predicted octanol–water partition coefficient (Wildman–Crippen LogP) is 2.62. The van der Waals surface area contributed by atoms with Gasteiger partial charge < -0.3 is 10.6 Å². The van der Waals surface area contributed by atoms with Crippen molar-refractivity contribution in [2.75, 3.05) is 11.9 Å². The van der Waals surface area contributed by atoms with E-state index in [2.05, 4.69) is 22.3 Å². The van der Waals surface area contributed by atoms with Gasteiger partial charge in [0.15, 0.2) is 0 Å². The van der Waals surface area contributed by atoms with E-state index in [-0.39, 0.29) is 10.8 Å². The summed E-state index contributed by atoms with van der Waals surface area (Å²) < 4.78 is 27.3. The van der Waals surface area contributed by atoms with E-state index in [0.29, 0.717) is 17.8 Å². The van der Waals surface area contributed by atoms with E-state index in [0.717, 1.165) is 18.4 Å². The van der Waals surface area contributed by atoms with Gasteiger partial charge in [0, 0.05) is 12.1 Å². The summed E-state index contributed by atoms with van der Waals surface area (Å²) in [6, 6.07) is 13.7. The lowest BCUT2D eigenvalue weighted by atomic mass is 10.1. The zero-order chi connectivity index (χ0) is 17.9. The van der Waals surface area contributed by atoms with E-state index in [1.165, 1.54) is 0 Å². The first-order valence-electron chi connectivity index (χ1n) is 8.27. The molecule has 2 aromatic carbocycles. The molecule has 6 nitrogen and oxygen atoms in total. The third-order valence-electron chi connectivity index (χ3n) is 4.07. The number of hydrogen-bond acceptors (Lipinski definition) is 4. The minimum Gasteiger partial charge on any atom is -0.364 e. The molecule has 1 atom stereocenters. The molecule has 2 aromatic rings. The number of carbonyl (C=O) groups excluding carboxylic acids is 1. The average Bonchev–Trinajstić information content (AvgIpc) is 2.61. The second kappa shape index (κ2) is 7.25. The zero-order valence-corrected chi connectivity index (χ0v) is 14.8. The Morgan fingerprint density at radius 2 is 1.84 bits per heavy atom. The van der Waals surface area contributed by atoms with Crippen molar-refractivity contribution in [3.8, 4) is 0 Å². The van der Waals surface area contributed by atoms with Crippen LogP contribution in [0.25, 0.3) is 0 Å². The highest BCUT2D eigenvalue weighted by atomic mass is 32.2. The molecule has 132 valence electrons. The topological polar surface area (TPSA) is 87.3 Å². The Hall–Kier alpha value is -2.38. The molecule has 0 aromatic heterocycles. The lowest BCUT2D eigenvalue weighted by Gasteiger charge is -2.28. The van der Waals surface area contributed by atoms with Crippen LogP contribution >= 0.6 is 0 Å². The first kappa shape index (κ1) is 17.4. The molecule has 0 unspecified atom stereocenters. The van der Waals surface area contributed by atoms with Crippen molar-refractivity contribution >= 4 is 21.6 Å². The standard InChI is InChI=1S/C18H21N3O3S/c1-2-3-12-19-18(22)14-10-8-13(9-11-14)17-20-15-6-4-5-7-16(15)25(23,24)21-17/h4-11,17,20-21H,2-3,12H2,1H3,(H,19,22)/t17-/m0/s1. The minimum absolute atomic E-state index is 0.123. The number of para-hydroxylation sites is 1. The Kier molecular flexibility index (Phi) is 5.06. The molecule has 1 aliphatic heterocycles. The third kappa shape index (κ3) is 3.83. The van der Waals surface area contributed by atoms with Crippen molar-refractivity contribution in [3.05, 3.63) is 59.7 Å². The first-order valence-corrected chi connectivity index (χ1v) is 9.75. The fourth-order valence-corrected chi connectivity index (χ4v) is 3.99. The van der Waals surface area contributed by atoms with Crippen molar-refractivity contribution in [1.82, 2.24) is 10.0 Å². The molecule has 3 N–H and O–H groups in total. The van der Waals surface area contributed by atoms with Crippen LogP contribution in [0.4, 0.5) is 5.69 Å². The summed E-state index contributed by atoms with van der Waals surface area (Å²) in [5, 5.41) is 6.03. The second-order valence-electron chi connectivity index (χ2n) is 5.93. The Labute approximate surface area is 147 Å². The largest absolute Gasteiger partial charge is 0.364 e. The molecule has 1 amide bonds. The monoisotopic (exact) mass is 359 g/mol. The van der Waals surface area contributed by atoms with Gasteiger partial charge in [-0.15, -0.1) is 0 Å². The van der Waals surface area contributed by atoms with Crippen LogP contribution in [0.5, 0.6) is 0 Å². The fraction of sp³-hybridized carbons (Fsp3) is 0.278. The van der Waals surface area contributed by atoms with Crippen LogP contribution in [-0.2, 0) is 10.0 Å². The first-order chi connectivity index (χ1) is 12.0. The number of rotatable bonds is 5. The van der Waals surface area contributed by atoms with Gasteiger partial charge in [0.25, 0.3) is 5.91 Å². The molecule has 7 heteroatoms. The van der Waals surface area contributed by atoms with E-state index in [1.54, 1.807) is 48.5 Å². The Balaban J connectivity index is 1.76. The number of carbonyl (C=O) groups is 1. The SMILES string of the molecule is CCCCNC(=O)c1ccc([C@H]2Nc3ccccc3S(=O)(=O)N2)cc1. The number of sulfonamides is 1. The molecular formula is C18H21N3O3S. The number of benzene rings is 2. The number of fused-ring (bicyclic) bond motifs is 1. The maximum Gasteiger partial charge on any atom is 0.251 e. The van der Waals surface area contributed by atoms with Crippen LogP contribution in [0, 0.1) is 0 Å². The van der Waals surface area contributed by atoms with Crippen LogP contribution in [0.2, 0.25) is 0 Å². The van der Waals surface area contributed by atoms with Gasteiger partial charge in [0.1, 0.15) is 11.1 Å². The Bertz CT molecular complexity index is 863. The van der Waals surface area contributed by atoms with Gasteiger partial charge in [0.2, 0.25) is 10.0 Å². The minimum atomic E-state index is -3.57. The normalized spacial score (nSPS) is 18.0. The molecule has 0 radical (unpaired) electrons. The number of amides is 1. The molecule has 3 rings (SSSR count). The summed E-state index contributed by atoms with van der Waals surface area (Å²) in [7, 11) is -3.57. The quantitative estimate of drug-likeness (QED) is 0.716. The highest BCUT2D eigenvalue weighted by Crippen LogP contribution is 2.30. The van der Waals surface area contributed by atoms with E-state index < -0.39 is 16.2 Å². The van der Waals surface area contributed by atoms with Crippen LogP contribution in [-0.4, -0.2) is 20.9 Å². The summed E-state index contributed by atoms with van der Waals surface area (Å²) in [5.41, 5.74) is 1.86. The fourth-order valence-electron chi connectivity index (χ4n) is 2.68.